The third-order valence-electron chi connectivity index (χ3n) is 6.34. The second-order valence-corrected chi connectivity index (χ2v) is 8.33. The highest BCUT2D eigenvalue weighted by Crippen LogP contribution is 2.43. The molecule has 172 valence electrons. The lowest BCUT2D eigenvalue weighted by Crippen LogP contribution is -2.42. The molecule has 0 fully saturated rings. The summed E-state index contributed by atoms with van der Waals surface area (Å²) in [5.41, 5.74) is 3.79. The van der Waals surface area contributed by atoms with Crippen molar-refractivity contribution in [1.82, 2.24) is 14.8 Å². The molecule has 7 heteroatoms. The molecular formula is C27H26N4O3. The van der Waals surface area contributed by atoms with E-state index in [2.05, 4.69) is 41.3 Å². The van der Waals surface area contributed by atoms with Gasteiger partial charge in [0, 0.05) is 0 Å². The summed E-state index contributed by atoms with van der Waals surface area (Å²) in [6.07, 6.45) is 2.15. The van der Waals surface area contributed by atoms with E-state index >= 15 is 0 Å². The van der Waals surface area contributed by atoms with Gasteiger partial charge in [-0.05, 0) is 48.7 Å². The van der Waals surface area contributed by atoms with Crippen molar-refractivity contribution >= 4 is 11.9 Å². The number of para-hydroxylation sites is 1. The Hall–Kier alpha value is -4.13. The first-order chi connectivity index (χ1) is 16.6. The highest BCUT2D eigenvalue weighted by atomic mass is 16.5. The molecule has 1 amide bonds. The van der Waals surface area contributed by atoms with Crippen LogP contribution in [-0.4, -0.2) is 34.9 Å². The van der Waals surface area contributed by atoms with Gasteiger partial charge >= 0.3 is 0 Å². The summed E-state index contributed by atoms with van der Waals surface area (Å²) in [6.45, 7) is 2.07. The van der Waals surface area contributed by atoms with Crippen molar-refractivity contribution in [1.29, 1.82) is 0 Å². The van der Waals surface area contributed by atoms with Crippen LogP contribution in [0.5, 0.6) is 11.5 Å². The van der Waals surface area contributed by atoms with Gasteiger partial charge in [0.15, 0.2) is 0 Å². The highest BCUT2D eigenvalue weighted by Gasteiger charge is 2.40. The molecular weight excluding hydrogens is 428 g/mol. The lowest BCUT2D eigenvalue weighted by Gasteiger charge is -2.39. The van der Waals surface area contributed by atoms with Crippen molar-refractivity contribution < 1.29 is 14.3 Å². The van der Waals surface area contributed by atoms with E-state index in [1.165, 1.54) is 11.9 Å². The van der Waals surface area contributed by atoms with Crippen LogP contribution in [0.25, 0.3) is 0 Å². The molecule has 3 aromatic carbocycles. The Morgan fingerprint density at radius 3 is 2.26 bits per heavy atom. The van der Waals surface area contributed by atoms with Crippen LogP contribution in [0.2, 0.25) is 0 Å². The minimum Gasteiger partial charge on any atom is -0.497 e. The molecule has 0 N–H and O–H groups in total. The van der Waals surface area contributed by atoms with Gasteiger partial charge in [-0.25, -0.2) is 4.68 Å². The number of methoxy groups -OCH3 is 2. The zero-order chi connectivity index (χ0) is 23.7. The summed E-state index contributed by atoms with van der Waals surface area (Å²) in [6, 6.07) is 23.2. The molecule has 0 radical (unpaired) electrons. The molecule has 0 saturated carbocycles. The van der Waals surface area contributed by atoms with E-state index in [0.717, 1.165) is 16.9 Å². The number of carbonyl (C=O) groups is 1. The van der Waals surface area contributed by atoms with Gasteiger partial charge in [-0.15, -0.1) is 0 Å². The van der Waals surface area contributed by atoms with Crippen LogP contribution >= 0.6 is 0 Å². The fourth-order valence-electron chi connectivity index (χ4n) is 4.55. The minimum atomic E-state index is -0.258. The van der Waals surface area contributed by atoms with Crippen LogP contribution in [0.15, 0.2) is 79.1 Å². The summed E-state index contributed by atoms with van der Waals surface area (Å²) >= 11 is 0. The van der Waals surface area contributed by atoms with Crippen LogP contribution in [0.3, 0.4) is 0 Å². The Morgan fingerprint density at radius 2 is 1.56 bits per heavy atom. The van der Waals surface area contributed by atoms with Crippen molar-refractivity contribution in [2.75, 3.05) is 19.1 Å². The van der Waals surface area contributed by atoms with Gasteiger partial charge in [0.05, 0.1) is 31.9 Å². The van der Waals surface area contributed by atoms with Gasteiger partial charge in [-0.1, -0.05) is 54.1 Å². The Labute approximate surface area is 198 Å². The molecule has 34 heavy (non-hydrogen) atoms. The summed E-state index contributed by atoms with van der Waals surface area (Å²) in [7, 11) is 3.21. The van der Waals surface area contributed by atoms with E-state index < -0.39 is 0 Å². The highest BCUT2D eigenvalue weighted by molar-refractivity contribution is 6.07. The summed E-state index contributed by atoms with van der Waals surface area (Å²) in [4.78, 5) is 20.2. The van der Waals surface area contributed by atoms with Crippen molar-refractivity contribution in [3.05, 3.63) is 101 Å². The molecule has 2 heterocycles. The first-order valence-electron chi connectivity index (χ1n) is 11.2. The molecule has 0 unspecified atom stereocenters. The van der Waals surface area contributed by atoms with Gasteiger partial charge in [0.1, 0.15) is 17.8 Å². The maximum atomic E-state index is 14.0. The summed E-state index contributed by atoms with van der Waals surface area (Å²) < 4.78 is 12.7. The zero-order valence-electron chi connectivity index (χ0n) is 19.4. The predicted molar refractivity (Wildman–Crippen MR) is 129 cm³/mol. The Kier molecular flexibility index (Phi) is 5.76. The van der Waals surface area contributed by atoms with E-state index in [0.29, 0.717) is 23.7 Å². The normalized spacial score (nSPS) is 17.2. The molecule has 4 aromatic rings. The smallest absolute Gasteiger partial charge is 0.264 e. The van der Waals surface area contributed by atoms with E-state index in [-0.39, 0.29) is 18.0 Å². The molecule has 0 aliphatic carbocycles. The minimum absolute atomic E-state index is 0.0630. The third kappa shape index (κ3) is 3.79. The van der Waals surface area contributed by atoms with Gasteiger partial charge in [-0.2, -0.15) is 10.1 Å². The third-order valence-corrected chi connectivity index (χ3v) is 6.34. The van der Waals surface area contributed by atoms with E-state index in [4.69, 9.17) is 9.47 Å². The van der Waals surface area contributed by atoms with E-state index in [9.17, 15) is 4.79 Å². The Morgan fingerprint density at radius 1 is 0.882 bits per heavy atom. The fraction of sp³-hybridized carbons (Fsp3) is 0.222. The zero-order valence-corrected chi connectivity index (χ0v) is 19.4. The van der Waals surface area contributed by atoms with Crippen molar-refractivity contribution in [2.24, 2.45) is 0 Å². The van der Waals surface area contributed by atoms with Crippen LogP contribution in [0.1, 0.15) is 45.6 Å². The monoisotopic (exact) mass is 454 g/mol. The maximum Gasteiger partial charge on any atom is 0.264 e. The fourth-order valence-corrected chi connectivity index (χ4v) is 4.55. The average molecular weight is 455 g/mol. The predicted octanol–water partition coefficient (Wildman–Crippen LogP) is 4.98. The number of benzene rings is 3. The molecule has 2 atom stereocenters. The lowest BCUT2D eigenvalue weighted by molar-refractivity contribution is 0.0960. The average Bonchev–Trinajstić information content (AvgIpc) is 3.38. The van der Waals surface area contributed by atoms with Gasteiger partial charge in [0.2, 0.25) is 5.95 Å². The molecule has 5 rings (SSSR count). The van der Waals surface area contributed by atoms with Gasteiger partial charge in [0.25, 0.3) is 5.91 Å². The van der Waals surface area contributed by atoms with E-state index in [1.807, 2.05) is 41.1 Å². The first kappa shape index (κ1) is 21.7. The number of nitrogens with zero attached hydrogens (tertiary/aromatic N) is 4. The number of aryl methyl sites for hydroxylation is 1. The molecule has 0 saturated heterocycles. The Balaban J connectivity index is 1.65. The van der Waals surface area contributed by atoms with Crippen LogP contribution in [-0.2, 0) is 0 Å². The SMILES string of the molecule is COc1ccc([C@H]2C[C@H](c3ccc(C)cc3)n3ncnc3N2C(=O)c2ccccc2OC)cc1. The number of hydrogen-bond donors (Lipinski definition) is 0. The summed E-state index contributed by atoms with van der Waals surface area (Å²) in [5.74, 6) is 1.61. The van der Waals surface area contributed by atoms with Gasteiger partial charge in [-0.3, -0.25) is 9.69 Å². The number of anilines is 1. The van der Waals surface area contributed by atoms with Crippen LogP contribution in [0, 0.1) is 6.92 Å². The molecule has 0 bridgehead atoms. The van der Waals surface area contributed by atoms with Crippen molar-refractivity contribution in [3.63, 3.8) is 0 Å². The number of hydrogen-bond acceptors (Lipinski definition) is 5. The second-order valence-electron chi connectivity index (χ2n) is 8.33. The first-order valence-corrected chi connectivity index (χ1v) is 11.2. The number of carbonyl (C=O) groups excluding carboxylic acids is 1. The standard InChI is InChI=1S/C27H26N4O3/c1-18-8-10-20(11-9-18)24-16-23(19-12-14-21(33-2)15-13-19)30(27-28-17-29-31(24)27)26(32)22-6-4-5-7-25(22)34-3/h4-15,17,23-24H,16H2,1-3H3/t23-,24-/m1/s1. The molecule has 7 nitrogen and oxygen atoms in total. The Bertz CT molecular complexity index is 1300. The second kappa shape index (κ2) is 9.02. The molecule has 0 spiro atoms. The summed E-state index contributed by atoms with van der Waals surface area (Å²) in [5, 5.41) is 4.52. The largest absolute Gasteiger partial charge is 0.497 e. The van der Waals surface area contributed by atoms with Crippen LogP contribution < -0.4 is 14.4 Å². The number of amides is 1. The maximum absolute atomic E-state index is 14.0. The lowest BCUT2D eigenvalue weighted by atomic mass is 9.91. The van der Waals surface area contributed by atoms with Crippen molar-refractivity contribution in [2.45, 2.75) is 25.4 Å². The molecule has 1 aliphatic heterocycles. The molecule has 1 aromatic heterocycles. The topological polar surface area (TPSA) is 69.5 Å². The van der Waals surface area contributed by atoms with Crippen LogP contribution in [0.4, 0.5) is 5.95 Å². The van der Waals surface area contributed by atoms with Crippen molar-refractivity contribution in [3.8, 4) is 11.5 Å². The quantitative estimate of drug-likeness (QED) is 0.425. The number of fused-ring (bicyclic) bond motifs is 1. The number of rotatable bonds is 5. The number of ether oxygens (including phenoxy) is 2. The van der Waals surface area contributed by atoms with E-state index in [1.54, 1.807) is 31.3 Å². The molecule has 1 aliphatic rings. The van der Waals surface area contributed by atoms with Gasteiger partial charge < -0.3 is 9.47 Å². The number of aromatic nitrogens is 3.